The largest absolute Gasteiger partial charge is 0.369 e. The van der Waals surface area contributed by atoms with Gasteiger partial charge in [-0.3, -0.25) is 9.69 Å². The Morgan fingerprint density at radius 3 is 2.58 bits per heavy atom. The lowest BCUT2D eigenvalue weighted by atomic mass is 9.69. The van der Waals surface area contributed by atoms with Crippen molar-refractivity contribution in [2.24, 2.45) is 11.3 Å². The summed E-state index contributed by atoms with van der Waals surface area (Å²) in [6.45, 7) is 10.4. The zero-order valence-electron chi connectivity index (χ0n) is 19.8. The molecular formula is C26H33FN4OS. The van der Waals surface area contributed by atoms with Gasteiger partial charge in [0.25, 0.3) is 0 Å². The Balaban J connectivity index is 1.35. The highest BCUT2D eigenvalue weighted by Crippen LogP contribution is 2.45. The van der Waals surface area contributed by atoms with Gasteiger partial charge in [-0.1, -0.05) is 27.2 Å². The minimum Gasteiger partial charge on any atom is -0.369 e. The van der Waals surface area contributed by atoms with Gasteiger partial charge in [0.15, 0.2) is 0 Å². The molecule has 1 aliphatic heterocycles. The summed E-state index contributed by atoms with van der Waals surface area (Å²) < 4.78 is 13.2. The molecular weight excluding hydrogens is 435 g/mol. The first-order chi connectivity index (χ1) is 15.8. The molecule has 0 bridgehead atoms. The van der Waals surface area contributed by atoms with E-state index in [-0.39, 0.29) is 17.1 Å². The number of hydrogen-bond donors (Lipinski definition) is 1. The van der Waals surface area contributed by atoms with Gasteiger partial charge in [-0.05, 0) is 60.4 Å². The van der Waals surface area contributed by atoms with Gasteiger partial charge in [0.2, 0.25) is 5.91 Å². The third-order valence-corrected chi connectivity index (χ3v) is 8.75. The van der Waals surface area contributed by atoms with Gasteiger partial charge in [0.1, 0.15) is 16.9 Å². The standard InChI is InChI=1S/C26H33FN4OS/c1-4-26(2,3)18-5-10-21-22(16-28)25(33-23(21)15-18)29-24(32)17-30-11-13-31(14-12-30)20-8-6-19(27)7-9-20/h6-9,18H,4-5,10-15,17H2,1-3H3,(H,29,32)/t18-/m0/s1. The molecule has 33 heavy (non-hydrogen) atoms. The maximum atomic E-state index is 13.2. The first-order valence-electron chi connectivity index (χ1n) is 11.9. The van der Waals surface area contributed by atoms with Crippen molar-refractivity contribution in [3.8, 4) is 6.07 Å². The van der Waals surface area contributed by atoms with Crippen LogP contribution >= 0.6 is 11.3 Å². The van der Waals surface area contributed by atoms with Gasteiger partial charge in [-0.15, -0.1) is 11.3 Å². The van der Waals surface area contributed by atoms with Crippen molar-refractivity contribution >= 4 is 27.9 Å². The number of piperazine rings is 1. The van der Waals surface area contributed by atoms with Gasteiger partial charge in [-0.25, -0.2) is 4.39 Å². The molecule has 176 valence electrons. The zero-order chi connectivity index (χ0) is 23.6. The van der Waals surface area contributed by atoms with E-state index in [0.29, 0.717) is 23.0 Å². The Bertz CT molecular complexity index is 1030. The van der Waals surface area contributed by atoms with E-state index in [9.17, 15) is 14.4 Å². The van der Waals surface area contributed by atoms with Crippen molar-refractivity contribution in [3.05, 3.63) is 46.1 Å². The molecule has 0 radical (unpaired) electrons. The molecule has 7 heteroatoms. The maximum Gasteiger partial charge on any atom is 0.239 e. The summed E-state index contributed by atoms with van der Waals surface area (Å²) in [7, 11) is 0. The second-order valence-electron chi connectivity index (χ2n) is 9.89. The topological polar surface area (TPSA) is 59.4 Å². The number of anilines is 2. The highest BCUT2D eigenvalue weighted by molar-refractivity contribution is 7.16. The van der Waals surface area contributed by atoms with Crippen LogP contribution in [-0.2, 0) is 17.6 Å². The van der Waals surface area contributed by atoms with Crippen molar-refractivity contribution in [1.29, 1.82) is 5.26 Å². The lowest BCUT2D eigenvalue weighted by Gasteiger charge is -2.36. The molecule has 2 aromatic rings. The number of amides is 1. The van der Waals surface area contributed by atoms with Crippen molar-refractivity contribution < 1.29 is 9.18 Å². The van der Waals surface area contributed by atoms with E-state index in [0.717, 1.165) is 63.1 Å². The highest BCUT2D eigenvalue weighted by atomic mass is 32.1. The lowest BCUT2D eigenvalue weighted by Crippen LogP contribution is -2.48. The summed E-state index contributed by atoms with van der Waals surface area (Å²) in [6, 6.07) is 8.91. The average molecular weight is 469 g/mol. The van der Waals surface area contributed by atoms with Crippen LogP contribution in [0.25, 0.3) is 0 Å². The van der Waals surface area contributed by atoms with Gasteiger partial charge in [0, 0.05) is 36.7 Å². The Labute approximate surface area is 200 Å². The lowest BCUT2D eigenvalue weighted by molar-refractivity contribution is -0.117. The number of thiophene rings is 1. The number of hydrogen-bond acceptors (Lipinski definition) is 5. The first-order valence-corrected chi connectivity index (χ1v) is 12.7. The van der Waals surface area contributed by atoms with Crippen LogP contribution in [0.2, 0.25) is 0 Å². The highest BCUT2D eigenvalue weighted by Gasteiger charge is 2.34. The first kappa shape index (κ1) is 23.7. The molecule has 5 nitrogen and oxygen atoms in total. The third kappa shape index (κ3) is 5.23. The number of nitrogens with zero attached hydrogens (tertiary/aromatic N) is 3. The van der Waals surface area contributed by atoms with Crippen molar-refractivity contribution in [2.45, 2.75) is 46.5 Å². The molecule has 0 unspecified atom stereocenters. The summed E-state index contributed by atoms with van der Waals surface area (Å²) >= 11 is 1.59. The molecule has 1 amide bonds. The van der Waals surface area contributed by atoms with Crippen LogP contribution in [-0.4, -0.2) is 43.5 Å². The molecule has 0 spiro atoms. The number of rotatable bonds is 6. The Kier molecular flexibility index (Phi) is 7.06. The number of halogens is 1. The van der Waals surface area contributed by atoms with E-state index in [4.69, 9.17) is 0 Å². The number of carbonyl (C=O) groups is 1. The zero-order valence-corrected chi connectivity index (χ0v) is 20.6. The predicted octanol–water partition coefficient (Wildman–Crippen LogP) is 5.06. The van der Waals surface area contributed by atoms with Crippen molar-refractivity contribution in [2.75, 3.05) is 42.9 Å². The van der Waals surface area contributed by atoms with Crippen LogP contribution in [0.15, 0.2) is 24.3 Å². The molecule has 4 rings (SSSR count). The molecule has 1 aromatic heterocycles. The molecule has 1 fully saturated rings. The number of fused-ring (bicyclic) bond motifs is 1. The fourth-order valence-corrected chi connectivity index (χ4v) is 6.23. The molecule has 1 aromatic carbocycles. The molecule has 1 atom stereocenters. The molecule has 2 aliphatic rings. The maximum absolute atomic E-state index is 13.2. The molecule has 1 aliphatic carbocycles. The quantitative estimate of drug-likeness (QED) is 0.644. The Morgan fingerprint density at radius 1 is 1.24 bits per heavy atom. The molecule has 0 saturated carbocycles. The van der Waals surface area contributed by atoms with E-state index in [2.05, 4.69) is 42.0 Å². The van der Waals surface area contributed by atoms with E-state index in [1.165, 1.54) is 17.0 Å². The molecule has 1 N–H and O–H groups in total. The van der Waals surface area contributed by atoms with Crippen LogP contribution in [0.5, 0.6) is 0 Å². The minimum absolute atomic E-state index is 0.0641. The number of nitriles is 1. The minimum atomic E-state index is -0.231. The van der Waals surface area contributed by atoms with Gasteiger partial charge in [0.05, 0.1) is 12.1 Å². The van der Waals surface area contributed by atoms with Crippen LogP contribution in [0.4, 0.5) is 15.1 Å². The number of benzene rings is 1. The van der Waals surface area contributed by atoms with Crippen LogP contribution in [0.1, 0.15) is 49.6 Å². The van der Waals surface area contributed by atoms with E-state index < -0.39 is 0 Å². The predicted molar refractivity (Wildman–Crippen MR) is 132 cm³/mol. The summed E-state index contributed by atoms with van der Waals surface area (Å²) in [5.74, 6) is 0.317. The second-order valence-corrected chi connectivity index (χ2v) is 11.0. The van der Waals surface area contributed by atoms with Gasteiger partial charge in [-0.2, -0.15) is 5.26 Å². The molecule has 1 saturated heterocycles. The van der Waals surface area contributed by atoms with Crippen molar-refractivity contribution in [3.63, 3.8) is 0 Å². The summed E-state index contributed by atoms with van der Waals surface area (Å²) in [5, 5.41) is 13.5. The van der Waals surface area contributed by atoms with Gasteiger partial charge >= 0.3 is 0 Å². The SMILES string of the molecule is CCC(C)(C)[C@H]1CCc2c(sc(NC(=O)CN3CCN(c4ccc(F)cc4)CC3)c2C#N)C1. The third-order valence-electron chi connectivity index (χ3n) is 7.58. The van der Waals surface area contributed by atoms with E-state index in [1.807, 2.05) is 0 Å². The number of carbonyl (C=O) groups excluding carboxylic acids is 1. The van der Waals surface area contributed by atoms with E-state index >= 15 is 0 Å². The smallest absolute Gasteiger partial charge is 0.239 e. The monoisotopic (exact) mass is 468 g/mol. The van der Waals surface area contributed by atoms with E-state index in [1.54, 1.807) is 23.5 Å². The van der Waals surface area contributed by atoms with Crippen molar-refractivity contribution in [1.82, 2.24) is 4.90 Å². The Morgan fingerprint density at radius 2 is 1.94 bits per heavy atom. The Hall–Kier alpha value is -2.43. The van der Waals surface area contributed by atoms with Crippen LogP contribution < -0.4 is 10.2 Å². The summed E-state index contributed by atoms with van der Waals surface area (Å²) in [6.07, 6.45) is 4.16. The van der Waals surface area contributed by atoms with Crippen LogP contribution in [0.3, 0.4) is 0 Å². The second kappa shape index (κ2) is 9.82. The summed E-state index contributed by atoms with van der Waals surface area (Å²) in [4.78, 5) is 18.4. The normalized spacial score (nSPS) is 19.1. The van der Waals surface area contributed by atoms with Gasteiger partial charge < -0.3 is 10.2 Å². The average Bonchev–Trinajstić information content (AvgIpc) is 3.16. The fourth-order valence-electron chi connectivity index (χ4n) is 4.93. The number of nitrogens with one attached hydrogen (secondary N) is 1. The fraction of sp³-hybridized carbons (Fsp3) is 0.538. The molecule has 2 heterocycles. The van der Waals surface area contributed by atoms with Crippen LogP contribution in [0, 0.1) is 28.5 Å². The summed E-state index contributed by atoms with van der Waals surface area (Å²) in [5.41, 5.74) is 3.10.